The fourth-order valence-electron chi connectivity index (χ4n) is 6.28. The van der Waals surface area contributed by atoms with Gasteiger partial charge in [0.1, 0.15) is 0 Å². The Morgan fingerprint density at radius 3 is 1.87 bits per heavy atom. The lowest BCUT2D eigenvalue weighted by Crippen LogP contribution is -2.33. The number of nitrogens with zero attached hydrogens (tertiary/aromatic N) is 1. The van der Waals surface area contributed by atoms with Crippen LogP contribution in [-0.4, -0.2) is 4.57 Å². The van der Waals surface area contributed by atoms with Crippen LogP contribution < -0.4 is 0 Å². The quantitative estimate of drug-likeness (QED) is 0.272. The van der Waals surface area contributed by atoms with Crippen molar-refractivity contribution in [1.82, 2.24) is 4.57 Å². The van der Waals surface area contributed by atoms with E-state index in [0.717, 1.165) is 0 Å². The van der Waals surface area contributed by atoms with Crippen molar-refractivity contribution in [3.63, 3.8) is 0 Å². The van der Waals surface area contributed by atoms with Crippen LogP contribution in [0.15, 0.2) is 78.9 Å². The standard InChI is InChI=1S/C30H25N/c1-29(2)22-13-8-12-20-21-16-19(18-10-6-5-7-11-18)17-25-27(21)31(26(20)22)28-23(29)14-9-15-24(28)30(25,3)4/h5-17H,1-4H3. The number of hydrogen-bond donors (Lipinski definition) is 0. The molecule has 0 spiro atoms. The molecule has 1 nitrogen and oxygen atoms in total. The SMILES string of the molecule is CC1(C)c2cccc3c2-n2c4c1cccc4c1cc(-c4ccccc4)cc(c12)C3(C)C. The van der Waals surface area contributed by atoms with Crippen molar-refractivity contribution in [3.05, 3.63) is 101 Å². The maximum atomic E-state index is 2.59. The monoisotopic (exact) mass is 399 g/mol. The van der Waals surface area contributed by atoms with Crippen LogP contribution in [0.25, 0.3) is 38.6 Å². The van der Waals surface area contributed by atoms with Crippen molar-refractivity contribution in [2.45, 2.75) is 38.5 Å². The van der Waals surface area contributed by atoms with E-state index in [4.69, 9.17) is 0 Å². The van der Waals surface area contributed by atoms with E-state index in [-0.39, 0.29) is 10.8 Å². The van der Waals surface area contributed by atoms with Crippen molar-refractivity contribution in [3.8, 4) is 16.8 Å². The lowest BCUT2D eigenvalue weighted by atomic mass is 9.68. The topological polar surface area (TPSA) is 4.93 Å². The van der Waals surface area contributed by atoms with Gasteiger partial charge in [0.2, 0.25) is 0 Å². The summed E-state index contributed by atoms with van der Waals surface area (Å²) in [6, 6.07) is 29.5. The normalized spacial score (nSPS) is 16.9. The van der Waals surface area contributed by atoms with Gasteiger partial charge in [0, 0.05) is 21.6 Å². The molecule has 0 fully saturated rings. The van der Waals surface area contributed by atoms with E-state index in [1.165, 1.54) is 60.9 Å². The second-order valence-electron chi connectivity index (χ2n) is 10.3. The van der Waals surface area contributed by atoms with Crippen LogP contribution in [0.3, 0.4) is 0 Å². The van der Waals surface area contributed by atoms with E-state index in [1.54, 1.807) is 0 Å². The molecule has 0 bridgehead atoms. The molecule has 1 heteroatoms. The molecule has 1 aromatic heterocycles. The summed E-state index contributed by atoms with van der Waals surface area (Å²) in [5.41, 5.74) is 12.4. The van der Waals surface area contributed by atoms with Gasteiger partial charge in [-0.1, -0.05) is 94.4 Å². The van der Waals surface area contributed by atoms with Crippen molar-refractivity contribution in [2.24, 2.45) is 0 Å². The van der Waals surface area contributed by atoms with Gasteiger partial charge >= 0.3 is 0 Å². The molecule has 0 saturated carbocycles. The number of aromatic nitrogens is 1. The zero-order chi connectivity index (χ0) is 21.1. The van der Waals surface area contributed by atoms with Crippen LogP contribution in [-0.2, 0) is 10.8 Å². The third-order valence-electron chi connectivity index (χ3n) is 7.94. The van der Waals surface area contributed by atoms with E-state index < -0.39 is 0 Å². The molecule has 0 unspecified atom stereocenters. The second-order valence-corrected chi connectivity index (χ2v) is 10.3. The molecule has 0 N–H and O–H groups in total. The summed E-state index contributed by atoms with van der Waals surface area (Å²) in [5.74, 6) is 0. The number of hydrogen-bond acceptors (Lipinski definition) is 0. The van der Waals surface area contributed by atoms with Crippen molar-refractivity contribution in [1.29, 1.82) is 0 Å². The molecule has 0 saturated heterocycles. The minimum atomic E-state index is -0.0632. The Hall–Kier alpha value is -3.32. The number of benzene rings is 4. The molecule has 31 heavy (non-hydrogen) atoms. The highest BCUT2D eigenvalue weighted by Gasteiger charge is 2.43. The summed E-state index contributed by atoms with van der Waals surface area (Å²) < 4.78 is 2.59. The number of rotatable bonds is 1. The van der Waals surface area contributed by atoms with E-state index in [0.29, 0.717) is 0 Å². The zero-order valence-electron chi connectivity index (χ0n) is 18.5. The summed E-state index contributed by atoms with van der Waals surface area (Å²) in [6.45, 7) is 9.57. The third-order valence-corrected chi connectivity index (χ3v) is 7.94. The third kappa shape index (κ3) is 1.89. The second kappa shape index (κ2) is 5.29. The molecule has 0 atom stereocenters. The van der Waals surface area contributed by atoms with E-state index in [1.807, 2.05) is 0 Å². The molecular weight excluding hydrogens is 374 g/mol. The molecular formula is C30H25N. The number of para-hydroxylation sites is 2. The Bertz CT molecular complexity index is 1560. The molecule has 7 rings (SSSR count). The minimum absolute atomic E-state index is 0.0227. The Morgan fingerprint density at radius 1 is 0.516 bits per heavy atom. The smallest absolute Gasteiger partial charge is 0.0582 e. The molecule has 0 aliphatic carbocycles. The van der Waals surface area contributed by atoms with Crippen LogP contribution in [0.2, 0.25) is 0 Å². The summed E-state index contributed by atoms with van der Waals surface area (Å²) in [5, 5.41) is 2.75. The number of fused-ring (bicyclic) bond motifs is 1. The fraction of sp³-hybridized carbons (Fsp3) is 0.200. The van der Waals surface area contributed by atoms with Crippen LogP contribution >= 0.6 is 0 Å². The van der Waals surface area contributed by atoms with Crippen molar-refractivity contribution >= 4 is 21.8 Å². The first-order valence-electron chi connectivity index (χ1n) is 11.2. The predicted molar refractivity (Wildman–Crippen MR) is 130 cm³/mol. The maximum Gasteiger partial charge on any atom is 0.0582 e. The Labute approximate surface area is 183 Å². The minimum Gasteiger partial charge on any atom is -0.308 e. The molecule has 3 heterocycles. The first-order valence-corrected chi connectivity index (χ1v) is 11.2. The molecule has 150 valence electrons. The summed E-state index contributed by atoms with van der Waals surface area (Å²) in [7, 11) is 0. The maximum absolute atomic E-state index is 2.59. The Morgan fingerprint density at radius 2 is 1.13 bits per heavy atom. The van der Waals surface area contributed by atoms with Gasteiger partial charge in [-0.25, -0.2) is 0 Å². The molecule has 0 radical (unpaired) electrons. The first kappa shape index (κ1) is 17.4. The summed E-state index contributed by atoms with van der Waals surface area (Å²) in [4.78, 5) is 0. The van der Waals surface area contributed by atoms with Gasteiger partial charge in [-0.15, -0.1) is 0 Å². The summed E-state index contributed by atoms with van der Waals surface area (Å²) >= 11 is 0. The van der Waals surface area contributed by atoms with Crippen LogP contribution in [0.5, 0.6) is 0 Å². The van der Waals surface area contributed by atoms with Crippen molar-refractivity contribution in [2.75, 3.05) is 0 Å². The average Bonchev–Trinajstić information content (AvgIpc) is 3.11. The molecule has 5 aromatic rings. The molecule has 0 amide bonds. The average molecular weight is 400 g/mol. The first-order chi connectivity index (χ1) is 14.9. The van der Waals surface area contributed by atoms with Crippen LogP contribution in [0, 0.1) is 0 Å². The molecule has 4 aromatic carbocycles. The van der Waals surface area contributed by atoms with E-state index in [2.05, 4.69) is 111 Å². The van der Waals surface area contributed by atoms with Crippen LogP contribution in [0.4, 0.5) is 0 Å². The van der Waals surface area contributed by atoms with Gasteiger partial charge < -0.3 is 4.57 Å². The highest BCUT2D eigenvalue weighted by Crippen LogP contribution is 2.55. The highest BCUT2D eigenvalue weighted by atomic mass is 15.0. The van der Waals surface area contributed by atoms with Gasteiger partial charge in [0.15, 0.2) is 0 Å². The highest BCUT2D eigenvalue weighted by molar-refractivity contribution is 6.15. The Balaban J connectivity index is 1.78. The van der Waals surface area contributed by atoms with Crippen molar-refractivity contribution < 1.29 is 0 Å². The summed E-state index contributed by atoms with van der Waals surface area (Å²) in [6.07, 6.45) is 0. The van der Waals surface area contributed by atoms with Gasteiger partial charge in [0.05, 0.1) is 16.7 Å². The van der Waals surface area contributed by atoms with E-state index >= 15 is 0 Å². The fourth-order valence-corrected chi connectivity index (χ4v) is 6.28. The van der Waals surface area contributed by atoms with Gasteiger partial charge in [-0.05, 0) is 45.5 Å². The van der Waals surface area contributed by atoms with Gasteiger partial charge in [-0.2, -0.15) is 0 Å². The van der Waals surface area contributed by atoms with Crippen LogP contribution in [0.1, 0.15) is 49.9 Å². The lowest BCUT2D eigenvalue weighted by Gasteiger charge is -2.42. The zero-order valence-corrected chi connectivity index (χ0v) is 18.5. The largest absolute Gasteiger partial charge is 0.308 e. The van der Waals surface area contributed by atoms with Gasteiger partial charge in [0.25, 0.3) is 0 Å². The lowest BCUT2D eigenvalue weighted by molar-refractivity contribution is 0.594. The van der Waals surface area contributed by atoms with Gasteiger partial charge in [-0.3, -0.25) is 0 Å². The molecule has 2 aliphatic heterocycles. The molecule has 2 aliphatic rings. The van der Waals surface area contributed by atoms with E-state index in [9.17, 15) is 0 Å². The Kier molecular flexibility index (Phi) is 2.96. The predicted octanol–water partition coefficient (Wildman–Crippen LogP) is 7.73.